The van der Waals surface area contributed by atoms with Gasteiger partial charge in [0.1, 0.15) is 0 Å². The van der Waals surface area contributed by atoms with Gasteiger partial charge >= 0.3 is 14.8 Å². The summed E-state index contributed by atoms with van der Waals surface area (Å²) in [6.07, 6.45) is 13.5. The summed E-state index contributed by atoms with van der Waals surface area (Å²) < 4.78 is 22.0. The first kappa shape index (κ1) is 23.3. The summed E-state index contributed by atoms with van der Waals surface area (Å²) in [7, 11) is 1.63. The number of hydrogen-bond donors (Lipinski definition) is 0. The van der Waals surface area contributed by atoms with E-state index in [1.165, 1.54) is 44.6 Å². The molecule has 0 rings (SSSR count). The van der Waals surface area contributed by atoms with Crippen LogP contribution in [0.15, 0.2) is 12.2 Å². The van der Waals surface area contributed by atoms with Crippen molar-refractivity contribution in [3.8, 4) is 0 Å². The molecule has 142 valence electrons. The molecule has 0 saturated heterocycles. The Morgan fingerprint density at radius 2 is 1.42 bits per heavy atom. The van der Waals surface area contributed by atoms with Gasteiger partial charge in [-0.15, -0.1) is 0 Å². The fraction of sp³-hybridized carbons (Fsp3) is 0.833. The Hall–Kier alpha value is -0.693. The van der Waals surface area contributed by atoms with Crippen molar-refractivity contribution in [1.82, 2.24) is 0 Å². The van der Waals surface area contributed by atoms with Crippen LogP contribution >= 0.6 is 0 Å². The van der Waals surface area contributed by atoms with Gasteiger partial charge in [-0.2, -0.15) is 0 Å². The average Bonchev–Trinajstić information content (AvgIpc) is 2.59. The van der Waals surface area contributed by atoms with Crippen molar-refractivity contribution in [1.29, 1.82) is 0 Å². The summed E-state index contributed by atoms with van der Waals surface area (Å²) in [5.41, 5.74) is -0.471. The number of ether oxygens (including phenoxy) is 1. The summed E-state index contributed by atoms with van der Waals surface area (Å²) in [6.45, 7) is 4.01. The normalized spacial score (nSPS) is 13.4. The predicted octanol–water partition coefficient (Wildman–Crippen LogP) is 4.42. The Morgan fingerprint density at radius 3 is 1.88 bits per heavy atom. The van der Waals surface area contributed by atoms with Crippen molar-refractivity contribution in [3.63, 3.8) is 0 Å². The van der Waals surface area contributed by atoms with Gasteiger partial charge < -0.3 is 18.0 Å². The highest BCUT2D eigenvalue weighted by molar-refractivity contribution is 6.62. The van der Waals surface area contributed by atoms with Crippen LogP contribution < -0.4 is 0 Å². The zero-order chi connectivity index (χ0) is 18.3. The van der Waals surface area contributed by atoms with E-state index in [1.807, 2.05) is 0 Å². The minimum Gasteiger partial charge on any atom is -0.455 e. The third-order valence-corrected chi connectivity index (χ3v) is 7.03. The Labute approximate surface area is 149 Å². The zero-order valence-electron chi connectivity index (χ0n) is 16.1. The summed E-state index contributed by atoms with van der Waals surface area (Å²) in [4.78, 5) is 11.8. The SMILES string of the molecule is CC=CC(=O)OC(CCCCCCCCCC)[Si](OC)(OC)OC. The molecule has 0 aliphatic heterocycles. The molecule has 0 radical (unpaired) electrons. The Balaban J connectivity index is 4.42. The highest BCUT2D eigenvalue weighted by Gasteiger charge is 2.49. The van der Waals surface area contributed by atoms with Crippen molar-refractivity contribution in [2.45, 2.75) is 77.4 Å². The Morgan fingerprint density at radius 1 is 0.917 bits per heavy atom. The van der Waals surface area contributed by atoms with E-state index in [0.717, 1.165) is 12.8 Å². The fourth-order valence-electron chi connectivity index (χ4n) is 2.73. The van der Waals surface area contributed by atoms with E-state index in [-0.39, 0.29) is 5.97 Å². The van der Waals surface area contributed by atoms with Gasteiger partial charge in [0.15, 0.2) is 5.73 Å². The molecule has 0 aliphatic carbocycles. The van der Waals surface area contributed by atoms with Crippen LogP contribution in [-0.2, 0) is 22.8 Å². The largest absolute Gasteiger partial charge is 0.543 e. The average molecular weight is 361 g/mol. The molecule has 0 saturated carbocycles. The number of esters is 1. The minimum absolute atomic E-state index is 0.384. The second kappa shape index (κ2) is 14.6. The van der Waals surface area contributed by atoms with Crippen molar-refractivity contribution < 1.29 is 22.8 Å². The van der Waals surface area contributed by atoms with E-state index in [1.54, 1.807) is 34.3 Å². The van der Waals surface area contributed by atoms with E-state index < -0.39 is 14.5 Å². The van der Waals surface area contributed by atoms with Crippen LogP contribution in [0.3, 0.4) is 0 Å². The standard InChI is InChI=1S/C18H36O5Si/c1-6-8-9-10-11-12-13-14-16-18(23-17(19)15-7-2)24(20-3,21-4)22-5/h7,15,18H,6,8-14,16H2,1-5H3. The summed E-state index contributed by atoms with van der Waals surface area (Å²) in [5.74, 6) is -0.384. The maximum atomic E-state index is 11.8. The van der Waals surface area contributed by atoms with Crippen molar-refractivity contribution in [3.05, 3.63) is 12.2 Å². The van der Waals surface area contributed by atoms with Crippen LogP contribution in [0.5, 0.6) is 0 Å². The number of hydrogen-bond acceptors (Lipinski definition) is 5. The van der Waals surface area contributed by atoms with Gasteiger partial charge in [0.25, 0.3) is 0 Å². The van der Waals surface area contributed by atoms with Gasteiger partial charge in [-0.1, -0.05) is 57.9 Å². The van der Waals surface area contributed by atoms with E-state index in [0.29, 0.717) is 6.42 Å². The summed E-state index contributed by atoms with van der Waals surface area (Å²) in [5, 5.41) is 0. The van der Waals surface area contributed by atoms with Gasteiger partial charge in [-0.3, -0.25) is 0 Å². The fourth-order valence-corrected chi connectivity index (χ4v) is 4.84. The predicted molar refractivity (Wildman–Crippen MR) is 98.7 cm³/mol. The summed E-state index contributed by atoms with van der Waals surface area (Å²) in [6, 6.07) is 0. The van der Waals surface area contributed by atoms with Crippen LogP contribution in [0.2, 0.25) is 0 Å². The highest BCUT2D eigenvalue weighted by Crippen LogP contribution is 2.22. The number of carbonyl (C=O) groups is 1. The first-order chi connectivity index (χ1) is 11.6. The maximum Gasteiger partial charge on any atom is 0.543 e. The first-order valence-electron chi connectivity index (χ1n) is 9.08. The third kappa shape index (κ3) is 8.96. The molecular weight excluding hydrogens is 324 g/mol. The molecule has 0 fully saturated rings. The topological polar surface area (TPSA) is 54.0 Å². The van der Waals surface area contributed by atoms with Gasteiger partial charge in [-0.05, 0) is 19.8 Å². The molecule has 0 heterocycles. The molecule has 0 aromatic carbocycles. The maximum absolute atomic E-state index is 11.8. The Bertz CT molecular complexity index is 334. The molecular formula is C18H36O5Si. The first-order valence-corrected chi connectivity index (χ1v) is 10.9. The lowest BCUT2D eigenvalue weighted by Gasteiger charge is -2.31. The molecule has 0 N–H and O–H groups in total. The monoisotopic (exact) mass is 360 g/mol. The molecule has 0 aromatic rings. The third-order valence-electron chi connectivity index (χ3n) is 4.13. The minimum atomic E-state index is -3.00. The van der Waals surface area contributed by atoms with Crippen LogP contribution in [-0.4, -0.2) is 41.8 Å². The van der Waals surface area contributed by atoms with E-state index in [2.05, 4.69) is 6.92 Å². The molecule has 6 heteroatoms. The van der Waals surface area contributed by atoms with Gasteiger partial charge in [0.05, 0.1) is 0 Å². The highest BCUT2D eigenvalue weighted by atomic mass is 28.4. The number of unbranched alkanes of at least 4 members (excludes halogenated alkanes) is 7. The number of allylic oxidation sites excluding steroid dienone is 1. The van der Waals surface area contributed by atoms with Crippen LogP contribution in [0, 0.1) is 0 Å². The van der Waals surface area contributed by atoms with Crippen LogP contribution in [0.25, 0.3) is 0 Å². The van der Waals surface area contributed by atoms with Crippen LogP contribution in [0.4, 0.5) is 0 Å². The molecule has 24 heavy (non-hydrogen) atoms. The quantitative estimate of drug-likeness (QED) is 0.187. The molecule has 0 amide bonds. The van der Waals surface area contributed by atoms with E-state index in [9.17, 15) is 4.79 Å². The molecule has 0 aromatic heterocycles. The van der Waals surface area contributed by atoms with Gasteiger partial charge in [-0.25, -0.2) is 4.79 Å². The van der Waals surface area contributed by atoms with E-state index in [4.69, 9.17) is 18.0 Å². The lowest BCUT2D eigenvalue weighted by atomic mass is 10.1. The molecule has 0 aliphatic rings. The van der Waals surface area contributed by atoms with Crippen molar-refractivity contribution in [2.75, 3.05) is 21.3 Å². The molecule has 0 spiro atoms. The molecule has 5 nitrogen and oxygen atoms in total. The molecule has 1 unspecified atom stereocenters. The lowest BCUT2D eigenvalue weighted by Crippen LogP contribution is -2.56. The second-order valence-electron chi connectivity index (χ2n) is 5.91. The zero-order valence-corrected chi connectivity index (χ0v) is 17.1. The number of rotatable bonds is 15. The molecule has 1 atom stereocenters. The number of carbonyl (C=O) groups excluding carboxylic acids is 1. The van der Waals surface area contributed by atoms with Crippen LogP contribution in [0.1, 0.15) is 71.6 Å². The summed E-state index contributed by atoms with van der Waals surface area (Å²) >= 11 is 0. The van der Waals surface area contributed by atoms with E-state index >= 15 is 0 Å². The van der Waals surface area contributed by atoms with Gasteiger partial charge in [0.2, 0.25) is 0 Å². The van der Waals surface area contributed by atoms with Crippen molar-refractivity contribution >= 4 is 14.8 Å². The smallest absolute Gasteiger partial charge is 0.455 e. The Kier molecular flexibility index (Phi) is 14.2. The lowest BCUT2D eigenvalue weighted by molar-refractivity contribution is -0.143. The second-order valence-corrected chi connectivity index (χ2v) is 8.98. The van der Waals surface area contributed by atoms with Crippen molar-refractivity contribution in [2.24, 2.45) is 0 Å². The van der Waals surface area contributed by atoms with Gasteiger partial charge in [0, 0.05) is 27.4 Å². The molecule has 0 bridgehead atoms.